The summed E-state index contributed by atoms with van der Waals surface area (Å²) in [5.41, 5.74) is 0. The van der Waals surface area contributed by atoms with Crippen molar-refractivity contribution < 1.29 is 34.6 Å². The predicted octanol–water partition coefficient (Wildman–Crippen LogP) is -1.82. The molecule has 0 aliphatic carbocycles. The average Bonchev–Trinajstić information content (AvgIpc) is 2.41. The summed E-state index contributed by atoms with van der Waals surface area (Å²) in [6.45, 7) is 1.62. The van der Waals surface area contributed by atoms with Crippen molar-refractivity contribution in [1.82, 2.24) is 0 Å². The summed E-state index contributed by atoms with van der Waals surface area (Å²) in [5, 5.41) is 37.8. The van der Waals surface area contributed by atoms with Gasteiger partial charge in [0.05, 0.1) is 25.9 Å². The number of rotatable bonds is 8. The van der Waals surface area contributed by atoms with E-state index in [1.165, 1.54) is 11.8 Å². The Morgan fingerprint density at radius 1 is 1.00 bits per heavy atom. The monoisotopic (exact) mass is 298 g/mol. The van der Waals surface area contributed by atoms with Crippen molar-refractivity contribution in [1.29, 1.82) is 0 Å². The van der Waals surface area contributed by atoms with Crippen LogP contribution in [0.2, 0.25) is 0 Å². The quantitative estimate of drug-likeness (QED) is 0.388. The van der Waals surface area contributed by atoms with Gasteiger partial charge in [-0.15, -0.1) is 0 Å². The van der Waals surface area contributed by atoms with E-state index in [1.54, 1.807) is 7.11 Å². The molecule has 5 atom stereocenters. The highest BCUT2D eigenvalue weighted by molar-refractivity contribution is 7.99. The Morgan fingerprint density at radius 2 is 1.74 bits per heavy atom. The van der Waals surface area contributed by atoms with Gasteiger partial charge in [0.2, 0.25) is 0 Å². The van der Waals surface area contributed by atoms with E-state index < -0.39 is 30.7 Å². The van der Waals surface area contributed by atoms with E-state index in [2.05, 4.69) is 0 Å². The summed E-state index contributed by atoms with van der Waals surface area (Å²) in [7, 11) is 1.60. The zero-order chi connectivity index (χ0) is 14.3. The van der Waals surface area contributed by atoms with E-state index in [1.807, 2.05) is 0 Å². The molecule has 1 aliphatic heterocycles. The van der Waals surface area contributed by atoms with Crippen LogP contribution in [-0.2, 0) is 14.2 Å². The summed E-state index contributed by atoms with van der Waals surface area (Å²) in [5.74, 6) is 1.10. The highest BCUT2D eigenvalue weighted by atomic mass is 32.2. The van der Waals surface area contributed by atoms with Crippen LogP contribution in [0.3, 0.4) is 0 Å². The molecule has 2 unspecified atom stereocenters. The van der Waals surface area contributed by atoms with E-state index in [0.717, 1.165) is 0 Å². The normalized spacial score (nSPS) is 35.5. The second-order valence-electron chi connectivity index (χ2n) is 4.22. The van der Waals surface area contributed by atoms with Crippen molar-refractivity contribution in [2.75, 3.05) is 38.4 Å². The van der Waals surface area contributed by atoms with Crippen LogP contribution in [0.25, 0.3) is 0 Å². The standard InChI is InChI=1S/C11H22O7S/c1-16-2-3-17-4-5-19-6-7-8(12)9(13)10(14)11(15)18-7/h7-15H,2-6H2,1H3/t7?,8-,9-,10?,11+/m0/s1. The Hall–Kier alpha value is 0.0700. The van der Waals surface area contributed by atoms with Gasteiger partial charge in [0.15, 0.2) is 6.29 Å². The lowest BCUT2D eigenvalue weighted by atomic mass is 10.0. The van der Waals surface area contributed by atoms with Gasteiger partial charge in [-0.3, -0.25) is 0 Å². The Balaban J connectivity index is 2.15. The fourth-order valence-electron chi connectivity index (χ4n) is 1.63. The Labute approximate surface area is 116 Å². The first-order valence-corrected chi connectivity index (χ1v) is 7.25. The zero-order valence-electron chi connectivity index (χ0n) is 10.8. The van der Waals surface area contributed by atoms with Crippen LogP contribution in [0.4, 0.5) is 0 Å². The van der Waals surface area contributed by atoms with E-state index in [9.17, 15) is 20.4 Å². The van der Waals surface area contributed by atoms with Gasteiger partial charge in [0.25, 0.3) is 0 Å². The molecule has 0 saturated carbocycles. The highest BCUT2D eigenvalue weighted by Gasteiger charge is 2.42. The lowest BCUT2D eigenvalue weighted by Crippen LogP contribution is -2.58. The molecule has 7 nitrogen and oxygen atoms in total. The molecule has 19 heavy (non-hydrogen) atoms. The lowest BCUT2D eigenvalue weighted by Gasteiger charge is -2.38. The second kappa shape index (κ2) is 9.09. The molecule has 0 amide bonds. The molecular formula is C11H22O7S. The number of ether oxygens (including phenoxy) is 3. The lowest BCUT2D eigenvalue weighted by molar-refractivity contribution is -0.276. The summed E-state index contributed by atoms with van der Waals surface area (Å²) >= 11 is 1.47. The first-order chi connectivity index (χ1) is 9.07. The van der Waals surface area contributed by atoms with Gasteiger partial charge in [-0.1, -0.05) is 0 Å². The van der Waals surface area contributed by atoms with Gasteiger partial charge >= 0.3 is 0 Å². The predicted molar refractivity (Wildman–Crippen MR) is 68.9 cm³/mol. The summed E-state index contributed by atoms with van der Waals surface area (Å²) in [6.07, 6.45) is -6.26. The SMILES string of the molecule is COCCOCCSCC1O[C@@H](O)C(O)[C@@H](O)[C@H]1O. The third-order valence-corrected chi connectivity index (χ3v) is 3.79. The molecule has 1 aliphatic rings. The molecule has 1 heterocycles. The molecule has 1 fully saturated rings. The molecule has 114 valence electrons. The van der Waals surface area contributed by atoms with Crippen LogP contribution < -0.4 is 0 Å². The maximum atomic E-state index is 9.69. The minimum absolute atomic E-state index is 0.398. The third-order valence-electron chi connectivity index (χ3n) is 2.77. The van der Waals surface area contributed by atoms with Crippen molar-refractivity contribution in [3.8, 4) is 0 Å². The summed E-state index contributed by atoms with van der Waals surface area (Å²) < 4.78 is 15.1. The first kappa shape index (κ1) is 17.1. The van der Waals surface area contributed by atoms with Gasteiger partial charge in [-0.2, -0.15) is 11.8 Å². The summed E-state index contributed by atoms with van der Waals surface area (Å²) in [4.78, 5) is 0. The zero-order valence-corrected chi connectivity index (χ0v) is 11.7. The highest BCUT2D eigenvalue weighted by Crippen LogP contribution is 2.22. The topological polar surface area (TPSA) is 109 Å². The van der Waals surface area contributed by atoms with Gasteiger partial charge in [0.1, 0.15) is 18.3 Å². The van der Waals surface area contributed by atoms with Crippen molar-refractivity contribution in [3.05, 3.63) is 0 Å². The Bertz CT molecular complexity index is 243. The fraction of sp³-hybridized carbons (Fsp3) is 1.00. The minimum atomic E-state index is -1.48. The molecule has 1 saturated heterocycles. The molecule has 4 N–H and O–H groups in total. The number of hydrogen-bond acceptors (Lipinski definition) is 8. The first-order valence-electron chi connectivity index (χ1n) is 6.10. The van der Waals surface area contributed by atoms with Crippen LogP contribution in [0.15, 0.2) is 0 Å². The van der Waals surface area contributed by atoms with E-state index in [4.69, 9.17) is 14.2 Å². The van der Waals surface area contributed by atoms with Gasteiger partial charge < -0.3 is 34.6 Å². The molecule has 0 aromatic carbocycles. The number of aliphatic hydroxyl groups excluding tert-OH is 4. The molecule has 8 heteroatoms. The van der Waals surface area contributed by atoms with E-state index >= 15 is 0 Å². The molecule has 0 aromatic heterocycles. The number of methoxy groups -OCH3 is 1. The van der Waals surface area contributed by atoms with Crippen LogP contribution >= 0.6 is 11.8 Å². The van der Waals surface area contributed by atoms with E-state index in [0.29, 0.717) is 31.3 Å². The number of thioether (sulfide) groups is 1. The van der Waals surface area contributed by atoms with Crippen LogP contribution in [0, 0.1) is 0 Å². The second-order valence-corrected chi connectivity index (χ2v) is 5.37. The number of hydrogen-bond donors (Lipinski definition) is 4. The molecule has 0 aromatic rings. The van der Waals surface area contributed by atoms with Gasteiger partial charge in [-0.05, 0) is 0 Å². The summed E-state index contributed by atoms with van der Waals surface area (Å²) in [6, 6.07) is 0. The van der Waals surface area contributed by atoms with Crippen molar-refractivity contribution >= 4 is 11.8 Å². The molecule has 1 rings (SSSR count). The molecule has 0 bridgehead atoms. The van der Waals surface area contributed by atoms with E-state index in [-0.39, 0.29) is 0 Å². The Morgan fingerprint density at radius 3 is 2.42 bits per heavy atom. The van der Waals surface area contributed by atoms with Gasteiger partial charge in [-0.25, -0.2) is 0 Å². The average molecular weight is 298 g/mol. The molecular weight excluding hydrogens is 276 g/mol. The molecule has 0 spiro atoms. The van der Waals surface area contributed by atoms with Crippen LogP contribution in [-0.4, -0.2) is 89.6 Å². The number of aliphatic hydroxyl groups is 4. The molecule has 0 radical (unpaired) electrons. The smallest absolute Gasteiger partial charge is 0.183 e. The maximum Gasteiger partial charge on any atom is 0.183 e. The van der Waals surface area contributed by atoms with Crippen molar-refractivity contribution in [3.63, 3.8) is 0 Å². The Kier molecular flexibility index (Phi) is 8.19. The van der Waals surface area contributed by atoms with Crippen LogP contribution in [0.1, 0.15) is 0 Å². The maximum absolute atomic E-state index is 9.69. The van der Waals surface area contributed by atoms with Crippen molar-refractivity contribution in [2.24, 2.45) is 0 Å². The van der Waals surface area contributed by atoms with Crippen LogP contribution in [0.5, 0.6) is 0 Å². The largest absolute Gasteiger partial charge is 0.388 e. The third kappa shape index (κ3) is 5.52. The van der Waals surface area contributed by atoms with Gasteiger partial charge in [0, 0.05) is 18.6 Å². The fourth-order valence-corrected chi connectivity index (χ4v) is 2.54. The minimum Gasteiger partial charge on any atom is -0.388 e. The van der Waals surface area contributed by atoms with Crippen molar-refractivity contribution in [2.45, 2.75) is 30.7 Å².